The molecule has 0 fully saturated rings. The maximum absolute atomic E-state index is 8.20. The van der Waals surface area contributed by atoms with Crippen molar-refractivity contribution in [3.05, 3.63) is 72.7 Å². The Morgan fingerprint density at radius 2 is 1.40 bits per heavy atom. The lowest BCUT2D eigenvalue weighted by molar-refractivity contribution is 1.78. The highest BCUT2D eigenvalue weighted by Crippen LogP contribution is 2.38. The van der Waals surface area contributed by atoms with Gasteiger partial charge in [-0.15, -0.1) is 0 Å². The zero-order valence-electron chi connectivity index (χ0n) is 12.8. The number of hydrogen-bond donors (Lipinski definition) is 0. The largest absolute Gasteiger partial charge is 0.0629 e. The number of fused-ring (bicyclic) bond motifs is 2. The summed E-state index contributed by atoms with van der Waals surface area (Å²) in [5.41, 5.74) is 0. The van der Waals surface area contributed by atoms with Crippen LogP contribution in [0.2, 0.25) is 0 Å². The van der Waals surface area contributed by atoms with Gasteiger partial charge in [0.1, 0.15) is 0 Å². The van der Waals surface area contributed by atoms with E-state index in [2.05, 4.69) is 48.5 Å². The molecule has 0 nitrogen and oxygen atoms in total. The molecule has 0 aliphatic rings. The molecule has 0 radical (unpaired) electrons. The van der Waals surface area contributed by atoms with Gasteiger partial charge in [-0.2, -0.15) is 0 Å². The molecule has 0 heterocycles. The van der Waals surface area contributed by atoms with Crippen LogP contribution < -0.4 is 0 Å². The zero-order chi connectivity index (χ0) is 14.8. The minimum absolute atomic E-state index is 0.278. The summed E-state index contributed by atoms with van der Waals surface area (Å²) in [6.45, 7) is 0. The molecule has 0 unspecified atom stereocenters. The van der Waals surface area contributed by atoms with Crippen LogP contribution in [0.5, 0.6) is 0 Å². The molecule has 20 heavy (non-hydrogen) atoms. The van der Waals surface area contributed by atoms with Gasteiger partial charge >= 0.3 is 0 Å². The van der Waals surface area contributed by atoms with Crippen LogP contribution in [0.4, 0.5) is 0 Å². The minimum Gasteiger partial charge on any atom is -0.0616 e. The van der Waals surface area contributed by atoms with Crippen molar-refractivity contribution in [1.29, 1.82) is 0 Å². The summed E-state index contributed by atoms with van der Waals surface area (Å²) in [4.78, 5) is 0. The molecule has 0 saturated heterocycles. The molecular formula is C20H12. The smallest absolute Gasteiger partial charge is 0.0616 e. The molecule has 0 atom stereocenters. The van der Waals surface area contributed by atoms with Gasteiger partial charge in [0.2, 0.25) is 0 Å². The first-order chi connectivity index (χ1) is 10.7. The van der Waals surface area contributed by atoms with E-state index in [4.69, 9.17) is 2.74 Å². The van der Waals surface area contributed by atoms with Gasteiger partial charge in [-0.25, -0.2) is 0 Å². The van der Waals surface area contributed by atoms with Crippen molar-refractivity contribution >= 4 is 43.1 Å². The molecule has 0 spiro atoms. The minimum atomic E-state index is 0.278. The fourth-order valence-electron chi connectivity index (χ4n) is 3.36. The Kier molecular flexibility index (Phi) is 1.49. The molecule has 0 N–H and O–H groups in total. The highest BCUT2D eigenvalue weighted by Gasteiger charge is 2.09. The monoisotopic (exact) mass is 254 g/mol. The highest BCUT2D eigenvalue weighted by atomic mass is 14.1. The Morgan fingerprint density at radius 1 is 0.600 bits per heavy atom. The van der Waals surface area contributed by atoms with E-state index in [0.717, 1.165) is 16.2 Å². The van der Waals surface area contributed by atoms with E-state index in [9.17, 15) is 0 Å². The van der Waals surface area contributed by atoms with E-state index in [0.29, 0.717) is 6.04 Å². The number of hydrogen-bond acceptors (Lipinski definition) is 0. The standard InChI is InChI=1S/C20H12/c1-2-7-17-15(4-1)12-16-9-8-13-5-3-6-14-10-11-18(17)20(16)19(13)14/h1-12H/i1D,4D. The maximum Gasteiger partial charge on any atom is 0.0629 e. The first kappa shape index (κ1) is 8.55. The van der Waals surface area contributed by atoms with Gasteiger partial charge in [0, 0.05) is 0 Å². The molecule has 0 aliphatic carbocycles. The summed E-state index contributed by atoms with van der Waals surface area (Å²) >= 11 is 0. The van der Waals surface area contributed by atoms with Gasteiger partial charge in [-0.05, 0) is 49.2 Å². The predicted octanol–water partition coefficient (Wildman–Crippen LogP) is 5.74. The normalized spacial score (nSPS) is 13.4. The summed E-state index contributed by atoms with van der Waals surface area (Å²) in [6, 6.07) is 21.3. The van der Waals surface area contributed by atoms with Crippen molar-refractivity contribution in [2.45, 2.75) is 0 Å². The summed E-state index contributed by atoms with van der Waals surface area (Å²) in [6.07, 6.45) is 0. The van der Waals surface area contributed by atoms with Crippen molar-refractivity contribution in [2.75, 3.05) is 0 Å². The molecule has 0 bridgehead atoms. The van der Waals surface area contributed by atoms with E-state index < -0.39 is 0 Å². The molecule has 5 aromatic rings. The van der Waals surface area contributed by atoms with E-state index >= 15 is 0 Å². The lowest BCUT2D eigenvalue weighted by Crippen LogP contribution is -1.85. The Hall–Kier alpha value is -2.60. The van der Waals surface area contributed by atoms with Crippen LogP contribution in [-0.4, -0.2) is 0 Å². The Labute approximate surface area is 119 Å². The maximum atomic E-state index is 8.20. The second-order valence-corrected chi connectivity index (χ2v) is 5.30. The van der Waals surface area contributed by atoms with Crippen LogP contribution in [0.3, 0.4) is 0 Å². The predicted molar refractivity (Wildman–Crippen MR) is 87.7 cm³/mol. The van der Waals surface area contributed by atoms with Gasteiger partial charge in [0.05, 0.1) is 2.74 Å². The van der Waals surface area contributed by atoms with E-state index in [1.807, 2.05) is 6.07 Å². The zero-order valence-corrected chi connectivity index (χ0v) is 10.8. The highest BCUT2D eigenvalue weighted by molar-refractivity contribution is 6.28. The first-order valence-electron chi connectivity index (χ1n) is 7.80. The second kappa shape index (κ2) is 3.49. The van der Waals surface area contributed by atoms with Gasteiger partial charge < -0.3 is 0 Å². The molecular weight excluding hydrogens is 240 g/mol. The third-order valence-electron chi connectivity index (χ3n) is 4.23. The lowest BCUT2D eigenvalue weighted by atomic mass is 9.91. The lowest BCUT2D eigenvalue weighted by Gasteiger charge is -2.12. The SMILES string of the molecule is [2H]c1ccc2c(cc3ccc4cccc5ccc2c3c45)c1[2H]. The Bertz CT molecular complexity index is 1170. The average Bonchev–Trinajstić information content (AvgIpc) is 2.56. The second-order valence-electron chi connectivity index (χ2n) is 5.30. The van der Waals surface area contributed by atoms with E-state index in [1.165, 1.54) is 26.9 Å². The summed E-state index contributed by atoms with van der Waals surface area (Å²) in [7, 11) is 0. The van der Waals surface area contributed by atoms with Crippen LogP contribution in [-0.2, 0) is 0 Å². The van der Waals surface area contributed by atoms with Crippen LogP contribution in [0.15, 0.2) is 72.7 Å². The fourth-order valence-corrected chi connectivity index (χ4v) is 3.36. The molecule has 0 aliphatic heterocycles. The van der Waals surface area contributed by atoms with Gasteiger partial charge in [0.25, 0.3) is 0 Å². The Morgan fingerprint density at radius 3 is 2.30 bits per heavy atom. The summed E-state index contributed by atoms with van der Waals surface area (Å²) in [5, 5.41) is 9.29. The molecule has 0 amide bonds. The third kappa shape index (κ3) is 1.16. The van der Waals surface area contributed by atoms with Crippen molar-refractivity contribution in [3.63, 3.8) is 0 Å². The van der Waals surface area contributed by atoms with Crippen molar-refractivity contribution in [3.8, 4) is 0 Å². The van der Waals surface area contributed by atoms with E-state index in [-0.39, 0.29) is 6.04 Å². The third-order valence-corrected chi connectivity index (χ3v) is 4.23. The fraction of sp³-hybridized carbons (Fsp3) is 0. The van der Waals surface area contributed by atoms with Gasteiger partial charge in [0.15, 0.2) is 0 Å². The number of rotatable bonds is 0. The molecule has 0 aromatic heterocycles. The number of benzene rings is 5. The van der Waals surface area contributed by atoms with Crippen LogP contribution >= 0.6 is 0 Å². The molecule has 92 valence electrons. The summed E-state index contributed by atoms with van der Waals surface area (Å²) in [5.74, 6) is 0. The molecule has 0 heteroatoms. The van der Waals surface area contributed by atoms with Crippen LogP contribution in [0.1, 0.15) is 2.74 Å². The van der Waals surface area contributed by atoms with Crippen molar-refractivity contribution in [1.82, 2.24) is 0 Å². The molecule has 5 aromatic carbocycles. The first-order valence-corrected chi connectivity index (χ1v) is 6.80. The summed E-state index contributed by atoms with van der Waals surface area (Å²) < 4.78 is 16.1. The topological polar surface area (TPSA) is 0 Å². The Balaban J connectivity index is 2.18. The van der Waals surface area contributed by atoms with Crippen molar-refractivity contribution < 1.29 is 2.74 Å². The molecule has 0 saturated carbocycles. The quantitative estimate of drug-likeness (QED) is 0.244. The van der Waals surface area contributed by atoms with Gasteiger partial charge in [-0.3, -0.25) is 0 Å². The van der Waals surface area contributed by atoms with Crippen LogP contribution in [0, 0.1) is 0 Å². The average molecular weight is 254 g/mol. The molecule has 5 rings (SSSR count). The van der Waals surface area contributed by atoms with Crippen molar-refractivity contribution in [2.24, 2.45) is 0 Å². The van der Waals surface area contributed by atoms with Crippen LogP contribution in [0.25, 0.3) is 43.1 Å². The van der Waals surface area contributed by atoms with E-state index in [1.54, 1.807) is 6.07 Å². The van der Waals surface area contributed by atoms with Gasteiger partial charge in [-0.1, -0.05) is 66.7 Å².